The van der Waals surface area contributed by atoms with Gasteiger partial charge in [0.15, 0.2) is 0 Å². The second-order valence-electron chi connectivity index (χ2n) is 3.98. The number of aromatic nitrogens is 4. The molecule has 0 atom stereocenters. The fourth-order valence-electron chi connectivity index (χ4n) is 1.73. The molecule has 0 bridgehead atoms. The summed E-state index contributed by atoms with van der Waals surface area (Å²) in [6.45, 7) is 0. The van der Waals surface area contributed by atoms with Gasteiger partial charge in [0.2, 0.25) is 5.78 Å². The van der Waals surface area contributed by atoms with E-state index in [1.54, 1.807) is 24.3 Å². The third-order valence-corrected chi connectivity index (χ3v) is 2.87. The Kier molecular flexibility index (Phi) is 2.96. The van der Waals surface area contributed by atoms with Crippen molar-refractivity contribution in [1.29, 1.82) is 0 Å². The van der Waals surface area contributed by atoms with E-state index >= 15 is 0 Å². The van der Waals surface area contributed by atoms with Gasteiger partial charge in [-0.2, -0.15) is 14.6 Å². The van der Waals surface area contributed by atoms with Crippen LogP contribution in [0.5, 0.6) is 0 Å². The molecule has 0 aliphatic heterocycles. The number of nitrogens with one attached hydrogen (secondary N) is 2. The molecule has 100 valence electrons. The number of rotatable bonds is 2. The molecule has 0 radical (unpaired) electrons. The predicted molar refractivity (Wildman–Crippen MR) is 73.4 cm³/mol. The summed E-state index contributed by atoms with van der Waals surface area (Å²) in [5.74, 6) is -0.152. The first-order chi connectivity index (χ1) is 9.63. The number of nitrogens with zero attached hydrogens (tertiary/aromatic N) is 3. The molecule has 8 heteroatoms. The molecule has 0 aliphatic carbocycles. The van der Waals surface area contributed by atoms with E-state index in [4.69, 9.17) is 11.6 Å². The molecule has 7 nitrogen and oxygen atoms in total. The minimum Gasteiger partial charge on any atom is -0.322 e. The van der Waals surface area contributed by atoms with Crippen LogP contribution in [0.2, 0.25) is 5.02 Å². The lowest BCUT2D eigenvalue weighted by Crippen LogP contribution is -2.29. The van der Waals surface area contributed by atoms with Gasteiger partial charge in [0.05, 0.1) is 0 Å². The molecule has 0 fully saturated rings. The summed E-state index contributed by atoms with van der Waals surface area (Å²) >= 11 is 5.75. The van der Waals surface area contributed by atoms with Crippen molar-refractivity contribution in [1.82, 2.24) is 19.6 Å². The Labute approximate surface area is 116 Å². The number of H-pyrrole nitrogens is 1. The number of carbonyl (C=O) groups excluding carboxylic acids is 1. The van der Waals surface area contributed by atoms with Crippen molar-refractivity contribution >= 4 is 35.0 Å². The summed E-state index contributed by atoms with van der Waals surface area (Å²) in [4.78, 5) is 29.8. The maximum atomic E-state index is 11.9. The highest BCUT2D eigenvalue weighted by molar-refractivity contribution is 6.30. The number of hydrogen-bond acceptors (Lipinski definition) is 4. The van der Waals surface area contributed by atoms with Crippen LogP contribution in [0.1, 0.15) is 0 Å². The van der Waals surface area contributed by atoms with Gasteiger partial charge < -0.3 is 5.32 Å². The quantitative estimate of drug-likeness (QED) is 0.705. The van der Waals surface area contributed by atoms with Crippen molar-refractivity contribution in [2.24, 2.45) is 0 Å². The predicted octanol–water partition coefficient (Wildman–Crippen LogP) is 0.209. The van der Waals surface area contributed by atoms with E-state index in [9.17, 15) is 9.59 Å². The van der Waals surface area contributed by atoms with Crippen molar-refractivity contribution in [2.45, 2.75) is 0 Å². The van der Waals surface area contributed by atoms with E-state index < -0.39 is 11.5 Å². The molecule has 0 saturated carbocycles. The van der Waals surface area contributed by atoms with Gasteiger partial charge in [-0.25, -0.2) is 0 Å². The molecule has 2 heterocycles. The lowest BCUT2D eigenvalue weighted by Gasteiger charge is -2.00. The van der Waals surface area contributed by atoms with E-state index in [1.807, 2.05) is 0 Å². The molecule has 3 aromatic rings. The number of amides is 1. The van der Waals surface area contributed by atoms with Gasteiger partial charge in [-0.3, -0.25) is 14.6 Å². The van der Waals surface area contributed by atoms with Crippen LogP contribution < -0.4 is 16.2 Å². The third kappa shape index (κ3) is 2.26. The van der Waals surface area contributed by atoms with Crippen molar-refractivity contribution in [3.63, 3.8) is 0 Å². The Hall–Kier alpha value is -2.67. The summed E-state index contributed by atoms with van der Waals surface area (Å²) < 4.78 is 1.27. The summed E-state index contributed by atoms with van der Waals surface area (Å²) in [5.41, 5.74) is 0.153. The molecular formula is C12H8ClN5O2. The van der Waals surface area contributed by atoms with Crippen molar-refractivity contribution in [3.05, 3.63) is 51.3 Å². The van der Waals surface area contributed by atoms with Crippen LogP contribution in [0.3, 0.4) is 0 Å². The number of carbonyl (C=O) groups is 1. The monoisotopic (exact) mass is 289 g/mol. The second-order valence-corrected chi connectivity index (χ2v) is 4.41. The lowest BCUT2D eigenvalue weighted by atomic mass is 10.3. The minimum absolute atomic E-state index is 0.115. The summed E-state index contributed by atoms with van der Waals surface area (Å²) in [5, 5.41) is 7.17. The molecule has 3 rings (SSSR count). The molecule has 2 N–H and O–H groups in total. The first-order valence-electron chi connectivity index (χ1n) is 5.63. The number of imidazole rings is 1. The van der Waals surface area contributed by atoms with Gasteiger partial charge in [0, 0.05) is 16.8 Å². The fraction of sp³-hybridized carbons (Fsp3) is 0. The van der Waals surface area contributed by atoms with Crippen LogP contribution in [-0.2, 0) is 4.79 Å². The zero-order valence-corrected chi connectivity index (χ0v) is 10.8. The number of fused-ring (bicyclic) bond motifs is 1. The molecular weight excluding hydrogens is 282 g/mol. The number of aromatic amines is 1. The first-order valence-corrected chi connectivity index (χ1v) is 6.01. The molecule has 1 aromatic carbocycles. The van der Waals surface area contributed by atoms with Crippen LogP contribution in [0.25, 0.3) is 11.9 Å². The Bertz CT molecular complexity index is 881. The van der Waals surface area contributed by atoms with Crippen LogP contribution in [0.4, 0.5) is 5.69 Å². The van der Waals surface area contributed by atoms with Gasteiger partial charge in [-0.05, 0) is 24.3 Å². The Balaban J connectivity index is 1.93. The normalized spacial score (nSPS) is 11.9. The molecule has 0 unspecified atom stereocenters. The van der Waals surface area contributed by atoms with Gasteiger partial charge in [0.1, 0.15) is 11.7 Å². The first kappa shape index (κ1) is 12.4. The van der Waals surface area contributed by atoms with E-state index in [0.717, 1.165) is 6.08 Å². The van der Waals surface area contributed by atoms with E-state index in [1.165, 1.54) is 10.8 Å². The van der Waals surface area contributed by atoms with Gasteiger partial charge in [0.25, 0.3) is 11.5 Å². The highest BCUT2D eigenvalue weighted by Crippen LogP contribution is 2.13. The van der Waals surface area contributed by atoms with E-state index in [-0.39, 0.29) is 5.35 Å². The molecule has 0 spiro atoms. The van der Waals surface area contributed by atoms with Crippen molar-refractivity contribution in [2.75, 3.05) is 5.32 Å². The highest BCUT2D eigenvalue weighted by Gasteiger charge is 2.06. The summed E-state index contributed by atoms with van der Waals surface area (Å²) in [6, 6.07) is 6.63. The molecule has 1 amide bonds. The molecule has 2 aromatic heterocycles. The van der Waals surface area contributed by atoms with Crippen molar-refractivity contribution in [3.8, 4) is 0 Å². The zero-order chi connectivity index (χ0) is 14.1. The second kappa shape index (κ2) is 4.78. The number of hydrogen-bond donors (Lipinski definition) is 2. The topological polar surface area (TPSA) is 92.2 Å². The number of anilines is 1. The summed E-state index contributed by atoms with van der Waals surface area (Å²) in [6.07, 6.45) is 2.45. The van der Waals surface area contributed by atoms with Crippen molar-refractivity contribution < 1.29 is 4.79 Å². The highest BCUT2D eigenvalue weighted by atomic mass is 35.5. The minimum atomic E-state index is -0.444. The van der Waals surface area contributed by atoms with Gasteiger partial charge >= 0.3 is 0 Å². The molecule has 0 saturated heterocycles. The SMILES string of the molecule is O=C(/C=c1\c(=O)[nH]c2ncnn12)Nc1ccc(Cl)cc1. The number of benzene rings is 1. The van der Waals surface area contributed by atoms with Crippen LogP contribution in [0, 0.1) is 0 Å². The van der Waals surface area contributed by atoms with E-state index in [2.05, 4.69) is 20.4 Å². The molecule has 0 aliphatic rings. The van der Waals surface area contributed by atoms with Gasteiger partial charge in [-0.15, -0.1) is 0 Å². The van der Waals surface area contributed by atoms with E-state index in [0.29, 0.717) is 16.5 Å². The largest absolute Gasteiger partial charge is 0.322 e. The smallest absolute Gasteiger partial charge is 0.277 e. The average Bonchev–Trinajstić information content (AvgIpc) is 2.96. The van der Waals surface area contributed by atoms with Crippen LogP contribution in [-0.4, -0.2) is 25.5 Å². The average molecular weight is 290 g/mol. The Morgan fingerprint density at radius 3 is 2.85 bits per heavy atom. The molecule has 20 heavy (non-hydrogen) atoms. The Morgan fingerprint density at radius 2 is 2.10 bits per heavy atom. The zero-order valence-electron chi connectivity index (χ0n) is 10.0. The standard InChI is InChI=1S/C12H8ClN5O2/c13-7-1-3-8(4-2-7)16-10(19)5-9-11(20)17-12-14-6-15-18(9)12/h1-6H,(H,16,19)(H,14,15,17,20)/b9-5+. The van der Waals surface area contributed by atoms with Crippen LogP contribution in [0.15, 0.2) is 35.4 Å². The van der Waals surface area contributed by atoms with Gasteiger partial charge in [-0.1, -0.05) is 11.6 Å². The Morgan fingerprint density at radius 1 is 1.35 bits per heavy atom. The third-order valence-electron chi connectivity index (χ3n) is 2.61. The maximum Gasteiger partial charge on any atom is 0.277 e. The maximum absolute atomic E-state index is 11.9. The lowest BCUT2D eigenvalue weighted by molar-refractivity contribution is -0.110. The number of halogens is 1. The summed E-state index contributed by atoms with van der Waals surface area (Å²) in [7, 11) is 0. The van der Waals surface area contributed by atoms with Crippen LogP contribution >= 0.6 is 11.6 Å². The fourth-order valence-corrected chi connectivity index (χ4v) is 1.85.